The zero-order valence-electron chi connectivity index (χ0n) is 11.4. The molecule has 3 rings (SSSR count). The van der Waals surface area contributed by atoms with Gasteiger partial charge in [0, 0.05) is 0 Å². The first-order chi connectivity index (χ1) is 10.1. The zero-order chi connectivity index (χ0) is 15.0. The van der Waals surface area contributed by atoms with Crippen molar-refractivity contribution in [2.24, 2.45) is 0 Å². The Morgan fingerprint density at radius 2 is 1.95 bits per heavy atom. The summed E-state index contributed by atoms with van der Waals surface area (Å²) in [6, 6.07) is 11.7. The molecule has 0 aromatic heterocycles. The molecule has 1 aliphatic carbocycles. The molecule has 0 saturated carbocycles. The van der Waals surface area contributed by atoms with E-state index in [1.807, 2.05) is 42.5 Å². The number of ether oxygens (including phenoxy) is 1. The summed E-state index contributed by atoms with van der Waals surface area (Å²) in [5.74, 6) is 0.829. The Labute approximate surface area is 136 Å². The van der Waals surface area contributed by atoms with Crippen LogP contribution in [0.5, 0.6) is 5.75 Å². The van der Waals surface area contributed by atoms with Crippen LogP contribution in [0.1, 0.15) is 11.1 Å². The van der Waals surface area contributed by atoms with Crippen LogP contribution in [-0.2, 0) is 15.0 Å². The monoisotopic (exact) mass is 338 g/mol. The Kier molecular flexibility index (Phi) is 3.84. The second-order valence-corrected chi connectivity index (χ2v) is 5.65. The van der Waals surface area contributed by atoms with Gasteiger partial charge in [0.05, 0.1) is 0 Å². The average Bonchev–Trinajstić information content (AvgIpc) is 2.50. The van der Waals surface area contributed by atoms with E-state index < -0.39 is 0 Å². The van der Waals surface area contributed by atoms with E-state index in [2.05, 4.69) is 12.7 Å². The van der Waals surface area contributed by atoms with E-state index in [0.29, 0.717) is 5.02 Å². The molecule has 3 heteroatoms. The van der Waals surface area contributed by atoms with Gasteiger partial charge in [0.25, 0.3) is 0 Å². The maximum atomic E-state index is 6.16. The van der Waals surface area contributed by atoms with Crippen LogP contribution in [0, 0.1) is 0 Å². The van der Waals surface area contributed by atoms with Gasteiger partial charge in [-0.2, -0.15) is 0 Å². The fourth-order valence-electron chi connectivity index (χ4n) is 2.39. The Balaban J connectivity index is 2.26. The van der Waals surface area contributed by atoms with Gasteiger partial charge in [-0.05, 0) is 0 Å². The van der Waals surface area contributed by atoms with Gasteiger partial charge in [-0.3, -0.25) is 0 Å². The number of methoxy groups -OCH3 is 1. The second kappa shape index (κ2) is 5.63. The predicted molar refractivity (Wildman–Crippen MR) is 85.8 cm³/mol. The topological polar surface area (TPSA) is 9.23 Å². The van der Waals surface area contributed by atoms with Crippen molar-refractivity contribution in [3.63, 3.8) is 0 Å². The van der Waals surface area contributed by atoms with Crippen LogP contribution in [0.2, 0.25) is 5.02 Å². The zero-order valence-corrected chi connectivity index (χ0v) is 13.2. The van der Waals surface area contributed by atoms with Gasteiger partial charge in [0.2, 0.25) is 0 Å². The SMILES string of the molecule is C=c1c(Cl)ccc/c1=C1\C=Cc2cc(OC)ccc2[C]1=[Ni]. The summed E-state index contributed by atoms with van der Waals surface area (Å²) in [5.41, 5.74) is 3.12. The number of rotatable bonds is 1. The average molecular weight is 339 g/mol. The molecular formula is C18H13ClNiO. The Hall–Kier alpha value is -1.63. The van der Waals surface area contributed by atoms with Gasteiger partial charge in [-0.1, -0.05) is 0 Å². The van der Waals surface area contributed by atoms with Crippen LogP contribution < -0.4 is 15.2 Å². The van der Waals surface area contributed by atoms with E-state index in [-0.39, 0.29) is 0 Å². The number of hydrogen-bond donors (Lipinski definition) is 0. The van der Waals surface area contributed by atoms with Gasteiger partial charge in [0.1, 0.15) is 0 Å². The van der Waals surface area contributed by atoms with Crippen LogP contribution in [-0.4, -0.2) is 11.6 Å². The summed E-state index contributed by atoms with van der Waals surface area (Å²) >= 11 is 11.5. The molecule has 0 N–H and O–H groups in total. The van der Waals surface area contributed by atoms with Gasteiger partial charge < -0.3 is 0 Å². The molecule has 2 aromatic carbocycles. The molecule has 0 heterocycles. The number of fused-ring (bicyclic) bond motifs is 1. The molecule has 1 aliphatic rings. The predicted octanol–water partition coefficient (Wildman–Crippen LogP) is 2.70. The van der Waals surface area contributed by atoms with E-state index in [9.17, 15) is 0 Å². The molecule has 0 spiro atoms. The van der Waals surface area contributed by atoms with Gasteiger partial charge in [-0.15, -0.1) is 0 Å². The summed E-state index contributed by atoms with van der Waals surface area (Å²) in [7, 11) is 1.66. The quantitative estimate of drug-likeness (QED) is 0.726. The second-order valence-electron chi connectivity index (χ2n) is 4.75. The van der Waals surface area contributed by atoms with Crippen LogP contribution in [0.25, 0.3) is 18.2 Å². The summed E-state index contributed by atoms with van der Waals surface area (Å²) < 4.78 is 6.10. The Morgan fingerprint density at radius 1 is 1.14 bits per heavy atom. The first-order valence-electron chi connectivity index (χ1n) is 6.46. The van der Waals surface area contributed by atoms with Crippen molar-refractivity contribution in [2.45, 2.75) is 0 Å². The summed E-state index contributed by atoms with van der Waals surface area (Å²) in [6.07, 6.45) is 4.08. The molecule has 0 bridgehead atoms. The van der Waals surface area contributed by atoms with Crippen molar-refractivity contribution in [2.75, 3.05) is 7.11 Å². The summed E-state index contributed by atoms with van der Waals surface area (Å²) in [6.45, 7) is 4.05. The molecule has 0 amide bonds. The molecule has 0 saturated heterocycles. The molecule has 0 radical (unpaired) electrons. The maximum absolute atomic E-state index is 6.16. The van der Waals surface area contributed by atoms with Crippen LogP contribution in [0.3, 0.4) is 0 Å². The first kappa shape index (κ1) is 14.3. The Bertz CT molecular complexity index is 881. The molecule has 0 unspecified atom stereocenters. The van der Waals surface area contributed by atoms with E-state index in [1.165, 1.54) is 0 Å². The van der Waals surface area contributed by atoms with Gasteiger partial charge >= 0.3 is 136 Å². The fraction of sp³-hybridized carbons (Fsp3) is 0.0556. The van der Waals surface area contributed by atoms with E-state index >= 15 is 0 Å². The third-order valence-electron chi connectivity index (χ3n) is 3.54. The van der Waals surface area contributed by atoms with Crippen LogP contribution in [0.15, 0.2) is 42.5 Å². The minimum atomic E-state index is 0.654. The molecule has 21 heavy (non-hydrogen) atoms. The van der Waals surface area contributed by atoms with E-state index in [4.69, 9.17) is 31.4 Å². The normalized spacial score (nSPS) is 15.9. The third-order valence-corrected chi connectivity index (χ3v) is 4.42. The van der Waals surface area contributed by atoms with Crippen molar-refractivity contribution in [1.29, 1.82) is 0 Å². The van der Waals surface area contributed by atoms with Crippen molar-refractivity contribution < 1.29 is 19.8 Å². The molecule has 0 atom stereocenters. The van der Waals surface area contributed by atoms with Crippen molar-refractivity contribution in [3.05, 3.63) is 69.1 Å². The summed E-state index contributed by atoms with van der Waals surface area (Å²) in [4.78, 5) is 0. The van der Waals surface area contributed by atoms with Crippen molar-refractivity contribution >= 4 is 34.3 Å². The molecule has 0 aliphatic heterocycles. The Morgan fingerprint density at radius 3 is 2.71 bits per heavy atom. The number of hydrogen-bond acceptors (Lipinski definition) is 1. The van der Waals surface area contributed by atoms with Crippen molar-refractivity contribution in [1.82, 2.24) is 0 Å². The number of benzene rings is 2. The minimum absolute atomic E-state index is 0.654. The van der Waals surface area contributed by atoms with Crippen LogP contribution in [0.4, 0.5) is 0 Å². The van der Waals surface area contributed by atoms with Crippen LogP contribution >= 0.6 is 11.6 Å². The van der Waals surface area contributed by atoms with E-state index in [0.717, 1.165) is 37.4 Å². The number of allylic oxidation sites excluding steroid dienone is 1. The molecule has 2 aromatic rings. The van der Waals surface area contributed by atoms with E-state index in [1.54, 1.807) is 7.11 Å². The summed E-state index contributed by atoms with van der Waals surface area (Å²) in [5, 5.41) is 2.45. The molecule has 0 fully saturated rings. The molecule has 1 nitrogen and oxygen atoms in total. The number of halogens is 1. The first-order valence-corrected chi connectivity index (χ1v) is 7.33. The molecular weight excluding hydrogens is 326 g/mol. The van der Waals surface area contributed by atoms with Gasteiger partial charge in [-0.25, -0.2) is 0 Å². The standard InChI is InChI=1S/C18H13ClO.Ni/c1-12-17(4-3-5-18(12)19)15-7-6-14-11-16(20-2)9-8-13(14)10-15;/h3-9,11H,1H2,2H3;/b17-15-;. The fourth-order valence-corrected chi connectivity index (χ4v) is 3.00. The molecule has 108 valence electrons. The third kappa shape index (κ3) is 2.50. The van der Waals surface area contributed by atoms with Gasteiger partial charge in [0.15, 0.2) is 0 Å². The van der Waals surface area contributed by atoms with Crippen molar-refractivity contribution in [3.8, 4) is 5.75 Å².